The van der Waals surface area contributed by atoms with E-state index in [1.807, 2.05) is 64.2 Å². The molecule has 5 nitrogen and oxygen atoms in total. The van der Waals surface area contributed by atoms with Crippen LogP contribution in [0.1, 0.15) is 28.9 Å². The van der Waals surface area contributed by atoms with E-state index < -0.39 is 0 Å². The van der Waals surface area contributed by atoms with Crippen LogP contribution < -0.4 is 5.73 Å². The number of piperidine rings is 1. The molecule has 0 saturated carbocycles. The predicted octanol–water partition coefficient (Wildman–Crippen LogP) is 3.19. The van der Waals surface area contributed by atoms with Gasteiger partial charge >= 0.3 is 0 Å². The number of hydrogen-bond acceptors (Lipinski definition) is 4. The number of pyridine rings is 1. The molecular formula is C20H22N4OS. The van der Waals surface area contributed by atoms with Crippen molar-refractivity contribution in [3.63, 3.8) is 0 Å². The van der Waals surface area contributed by atoms with Gasteiger partial charge in [0.15, 0.2) is 0 Å². The maximum absolute atomic E-state index is 12.9. The Bertz CT molecular complexity index is 882. The molecule has 0 unspecified atom stereocenters. The van der Waals surface area contributed by atoms with Crippen LogP contribution in [0.5, 0.6) is 0 Å². The summed E-state index contributed by atoms with van der Waals surface area (Å²) in [5.74, 6) is 0.839. The molecule has 0 aliphatic carbocycles. The van der Waals surface area contributed by atoms with Crippen molar-refractivity contribution in [3.05, 3.63) is 66.1 Å². The summed E-state index contributed by atoms with van der Waals surface area (Å²) in [7, 11) is 0. The second-order valence-electron chi connectivity index (χ2n) is 6.61. The van der Waals surface area contributed by atoms with Crippen molar-refractivity contribution in [1.29, 1.82) is 0 Å². The molecule has 3 heterocycles. The number of likely N-dealkylation sites (tertiary alicyclic amines) is 1. The monoisotopic (exact) mass is 366 g/mol. The average molecular weight is 366 g/mol. The largest absolute Gasteiger partial charge is 0.338 e. The smallest absolute Gasteiger partial charge is 0.254 e. The first-order valence-corrected chi connectivity index (χ1v) is 9.88. The number of amides is 1. The Morgan fingerprint density at radius 1 is 1.15 bits per heavy atom. The van der Waals surface area contributed by atoms with Crippen LogP contribution in [0.2, 0.25) is 0 Å². The highest BCUT2D eigenvalue weighted by atomic mass is 32.2. The van der Waals surface area contributed by atoms with Crippen molar-refractivity contribution in [2.24, 2.45) is 5.73 Å². The molecule has 134 valence electrons. The molecule has 1 fully saturated rings. The summed E-state index contributed by atoms with van der Waals surface area (Å²) < 4.78 is 2.02. The standard InChI is InChI=1S/C20H22N4OS/c21-15-8-11-23(12-9-15)20(25)17-5-1-2-6-18(17)26-14-16-13-24-10-4-3-7-19(24)22-16/h1-7,10,13,15H,8-9,11-12,14,21H2. The normalized spacial score (nSPS) is 15.5. The lowest BCUT2D eigenvalue weighted by atomic mass is 10.0. The van der Waals surface area contributed by atoms with E-state index in [1.165, 1.54) is 0 Å². The first kappa shape index (κ1) is 17.1. The number of rotatable bonds is 4. The van der Waals surface area contributed by atoms with E-state index in [9.17, 15) is 4.79 Å². The third kappa shape index (κ3) is 3.61. The van der Waals surface area contributed by atoms with E-state index >= 15 is 0 Å². The van der Waals surface area contributed by atoms with Gasteiger partial charge in [0, 0.05) is 42.2 Å². The molecule has 2 aromatic heterocycles. The number of nitrogens with two attached hydrogens (primary N) is 1. The van der Waals surface area contributed by atoms with E-state index in [1.54, 1.807) is 11.8 Å². The zero-order valence-corrected chi connectivity index (χ0v) is 15.4. The van der Waals surface area contributed by atoms with E-state index in [-0.39, 0.29) is 11.9 Å². The van der Waals surface area contributed by atoms with Crippen molar-refractivity contribution in [2.45, 2.75) is 29.5 Å². The van der Waals surface area contributed by atoms with E-state index in [0.717, 1.165) is 53.5 Å². The molecule has 3 aromatic rings. The van der Waals surface area contributed by atoms with Gasteiger partial charge in [0.05, 0.1) is 11.3 Å². The molecular weight excluding hydrogens is 344 g/mol. The number of benzene rings is 1. The molecule has 1 aromatic carbocycles. The number of carbonyl (C=O) groups is 1. The van der Waals surface area contributed by atoms with Gasteiger partial charge in [0.1, 0.15) is 5.65 Å². The summed E-state index contributed by atoms with van der Waals surface area (Å²) >= 11 is 1.66. The number of fused-ring (bicyclic) bond motifs is 1. The van der Waals surface area contributed by atoms with Crippen LogP contribution in [0.4, 0.5) is 0 Å². The fourth-order valence-corrected chi connectivity index (χ4v) is 4.18. The third-order valence-electron chi connectivity index (χ3n) is 4.73. The van der Waals surface area contributed by atoms with Crippen molar-refractivity contribution >= 4 is 23.3 Å². The summed E-state index contributed by atoms with van der Waals surface area (Å²) in [6.45, 7) is 1.48. The summed E-state index contributed by atoms with van der Waals surface area (Å²) in [5.41, 5.74) is 8.68. The van der Waals surface area contributed by atoms with Gasteiger partial charge in [0.25, 0.3) is 5.91 Å². The molecule has 4 rings (SSSR count). The molecule has 1 amide bonds. The Labute approximate surface area is 157 Å². The van der Waals surface area contributed by atoms with Gasteiger partial charge in [-0.3, -0.25) is 4.79 Å². The Morgan fingerprint density at radius 2 is 1.92 bits per heavy atom. The molecule has 26 heavy (non-hydrogen) atoms. The fraction of sp³-hybridized carbons (Fsp3) is 0.300. The Hall–Kier alpha value is -2.31. The Morgan fingerprint density at radius 3 is 2.73 bits per heavy atom. The minimum absolute atomic E-state index is 0.106. The van der Waals surface area contributed by atoms with Crippen LogP contribution in [0.15, 0.2) is 59.8 Å². The molecule has 0 atom stereocenters. The number of aromatic nitrogens is 2. The van der Waals surface area contributed by atoms with E-state index in [4.69, 9.17) is 5.73 Å². The van der Waals surface area contributed by atoms with Crippen molar-refractivity contribution in [3.8, 4) is 0 Å². The molecule has 1 aliphatic rings. The topological polar surface area (TPSA) is 63.6 Å². The van der Waals surface area contributed by atoms with Crippen molar-refractivity contribution in [2.75, 3.05) is 13.1 Å². The lowest BCUT2D eigenvalue weighted by molar-refractivity contribution is 0.0711. The predicted molar refractivity (Wildman–Crippen MR) is 104 cm³/mol. The Kier molecular flexibility index (Phi) is 4.95. The summed E-state index contributed by atoms with van der Waals surface area (Å²) in [6.07, 6.45) is 5.79. The number of imidazole rings is 1. The number of carbonyl (C=O) groups excluding carboxylic acids is 1. The highest BCUT2D eigenvalue weighted by Crippen LogP contribution is 2.27. The molecule has 1 aliphatic heterocycles. The Balaban J connectivity index is 1.49. The quantitative estimate of drug-likeness (QED) is 0.720. The van der Waals surface area contributed by atoms with Gasteiger partial charge in [-0.25, -0.2) is 4.98 Å². The van der Waals surface area contributed by atoms with Gasteiger partial charge in [-0.15, -0.1) is 11.8 Å². The van der Waals surface area contributed by atoms with Gasteiger partial charge < -0.3 is 15.0 Å². The molecule has 0 spiro atoms. The van der Waals surface area contributed by atoms with Gasteiger partial charge in [-0.1, -0.05) is 18.2 Å². The van der Waals surface area contributed by atoms with Crippen LogP contribution in [0, 0.1) is 0 Å². The molecule has 0 bridgehead atoms. The van der Waals surface area contributed by atoms with Crippen LogP contribution in [-0.2, 0) is 5.75 Å². The van der Waals surface area contributed by atoms with Crippen LogP contribution in [0.3, 0.4) is 0 Å². The number of hydrogen-bond donors (Lipinski definition) is 1. The van der Waals surface area contributed by atoms with Gasteiger partial charge in [0.2, 0.25) is 0 Å². The van der Waals surface area contributed by atoms with E-state index in [0.29, 0.717) is 0 Å². The minimum Gasteiger partial charge on any atom is -0.338 e. The van der Waals surface area contributed by atoms with Gasteiger partial charge in [-0.2, -0.15) is 0 Å². The molecule has 1 saturated heterocycles. The molecule has 0 radical (unpaired) electrons. The maximum Gasteiger partial charge on any atom is 0.254 e. The second-order valence-corrected chi connectivity index (χ2v) is 7.63. The van der Waals surface area contributed by atoms with Crippen molar-refractivity contribution < 1.29 is 4.79 Å². The van der Waals surface area contributed by atoms with Crippen LogP contribution >= 0.6 is 11.8 Å². The third-order valence-corrected chi connectivity index (χ3v) is 5.84. The lowest BCUT2D eigenvalue weighted by Gasteiger charge is -2.30. The summed E-state index contributed by atoms with van der Waals surface area (Å²) in [6, 6.07) is 14.0. The zero-order chi connectivity index (χ0) is 17.9. The lowest BCUT2D eigenvalue weighted by Crippen LogP contribution is -2.43. The number of thioether (sulfide) groups is 1. The second kappa shape index (κ2) is 7.51. The van der Waals surface area contributed by atoms with Crippen molar-refractivity contribution in [1.82, 2.24) is 14.3 Å². The summed E-state index contributed by atoms with van der Waals surface area (Å²) in [5, 5.41) is 0. The van der Waals surface area contributed by atoms with Crippen LogP contribution in [-0.4, -0.2) is 39.3 Å². The van der Waals surface area contributed by atoms with E-state index in [2.05, 4.69) is 4.98 Å². The minimum atomic E-state index is 0.106. The van der Waals surface area contributed by atoms with Gasteiger partial charge in [-0.05, 0) is 37.1 Å². The molecule has 2 N–H and O–H groups in total. The highest BCUT2D eigenvalue weighted by molar-refractivity contribution is 7.98. The average Bonchev–Trinajstić information content (AvgIpc) is 3.10. The summed E-state index contributed by atoms with van der Waals surface area (Å²) in [4.78, 5) is 20.5. The van der Waals surface area contributed by atoms with Crippen LogP contribution in [0.25, 0.3) is 5.65 Å². The first-order valence-electron chi connectivity index (χ1n) is 8.90. The SMILES string of the molecule is NC1CCN(C(=O)c2ccccc2SCc2cn3ccccc3n2)CC1. The number of nitrogens with zero attached hydrogens (tertiary/aromatic N) is 3. The fourth-order valence-electron chi connectivity index (χ4n) is 3.25. The zero-order valence-electron chi connectivity index (χ0n) is 14.5. The molecule has 6 heteroatoms. The first-order chi connectivity index (χ1) is 12.7. The maximum atomic E-state index is 12.9. The highest BCUT2D eigenvalue weighted by Gasteiger charge is 2.23.